The van der Waals surface area contributed by atoms with Gasteiger partial charge in [-0.15, -0.1) is 0 Å². The fourth-order valence-electron chi connectivity index (χ4n) is 4.12. The Bertz CT molecular complexity index is 925. The van der Waals surface area contributed by atoms with Crippen molar-refractivity contribution in [3.8, 4) is 5.75 Å². The molecule has 6 heteroatoms. The Morgan fingerprint density at radius 2 is 1.81 bits per heavy atom. The summed E-state index contributed by atoms with van der Waals surface area (Å²) in [5.74, 6) is 0.678. The highest BCUT2D eigenvalue weighted by molar-refractivity contribution is 9.10. The van der Waals surface area contributed by atoms with E-state index in [1.54, 1.807) is 11.8 Å². The van der Waals surface area contributed by atoms with E-state index in [0.717, 1.165) is 41.3 Å². The van der Waals surface area contributed by atoms with Crippen LogP contribution >= 0.6 is 15.9 Å². The smallest absolute Gasteiger partial charge is 0.261 e. The van der Waals surface area contributed by atoms with Crippen LogP contribution in [-0.4, -0.2) is 35.4 Å². The lowest BCUT2D eigenvalue weighted by Gasteiger charge is -2.30. The standard InChI is InChI=1S/C26H33BrN2O3/c1-18(2)23-13-6-7-14-24(23)32-17-25(30)29(16-20-9-8-10-21(27)15-20)19(3)26(31)28-22-11-4-5-12-22/h6-10,13-15,18-19,22H,4-5,11-12,16-17H2,1-3H3,(H,28,31)/t19-/m1/s1. The molecule has 0 unspecified atom stereocenters. The predicted molar refractivity (Wildman–Crippen MR) is 131 cm³/mol. The third-order valence-corrected chi connectivity index (χ3v) is 6.50. The highest BCUT2D eigenvalue weighted by Crippen LogP contribution is 2.26. The SMILES string of the molecule is CC(C)c1ccccc1OCC(=O)N(Cc1cccc(Br)c1)[C@H](C)C(=O)NC1CCCC1. The van der Waals surface area contributed by atoms with Crippen molar-refractivity contribution >= 4 is 27.7 Å². The summed E-state index contributed by atoms with van der Waals surface area (Å²) >= 11 is 3.49. The summed E-state index contributed by atoms with van der Waals surface area (Å²) in [5, 5.41) is 3.13. The van der Waals surface area contributed by atoms with Crippen molar-refractivity contribution in [2.75, 3.05) is 6.61 Å². The fourth-order valence-corrected chi connectivity index (χ4v) is 4.56. The van der Waals surface area contributed by atoms with Crippen molar-refractivity contribution in [3.63, 3.8) is 0 Å². The molecule has 2 aromatic rings. The van der Waals surface area contributed by atoms with Crippen LogP contribution in [0.2, 0.25) is 0 Å². The predicted octanol–water partition coefficient (Wildman–Crippen LogP) is 5.43. The number of amides is 2. The number of para-hydroxylation sites is 1. The van der Waals surface area contributed by atoms with Crippen molar-refractivity contribution in [1.29, 1.82) is 0 Å². The lowest BCUT2D eigenvalue weighted by Crippen LogP contribution is -2.50. The van der Waals surface area contributed by atoms with E-state index in [-0.39, 0.29) is 30.4 Å². The summed E-state index contributed by atoms with van der Waals surface area (Å²) in [6.45, 7) is 6.21. The fraction of sp³-hybridized carbons (Fsp3) is 0.462. The number of halogens is 1. The van der Waals surface area contributed by atoms with E-state index >= 15 is 0 Å². The van der Waals surface area contributed by atoms with Crippen LogP contribution in [0, 0.1) is 0 Å². The third kappa shape index (κ3) is 6.58. The van der Waals surface area contributed by atoms with E-state index in [4.69, 9.17) is 4.74 Å². The van der Waals surface area contributed by atoms with Gasteiger partial charge in [-0.3, -0.25) is 9.59 Å². The summed E-state index contributed by atoms with van der Waals surface area (Å²) in [6.07, 6.45) is 4.30. The number of nitrogens with zero attached hydrogens (tertiary/aromatic N) is 1. The summed E-state index contributed by atoms with van der Waals surface area (Å²) in [6, 6.07) is 15.2. The van der Waals surface area contributed by atoms with Crippen molar-refractivity contribution in [3.05, 3.63) is 64.1 Å². The second kappa shape index (κ2) is 11.5. The monoisotopic (exact) mass is 500 g/mol. The molecule has 1 atom stereocenters. The van der Waals surface area contributed by atoms with Gasteiger partial charge in [0.15, 0.2) is 6.61 Å². The zero-order valence-electron chi connectivity index (χ0n) is 19.1. The number of benzene rings is 2. The molecule has 2 aromatic carbocycles. The van der Waals surface area contributed by atoms with Crippen LogP contribution in [0.4, 0.5) is 0 Å². The highest BCUT2D eigenvalue weighted by atomic mass is 79.9. The van der Waals surface area contributed by atoms with Gasteiger partial charge in [-0.1, -0.05) is 73.0 Å². The minimum absolute atomic E-state index is 0.108. The second-order valence-electron chi connectivity index (χ2n) is 8.80. The van der Waals surface area contributed by atoms with Gasteiger partial charge < -0.3 is 15.0 Å². The average Bonchev–Trinajstić information content (AvgIpc) is 3.28. The van der Waals surface area contributed by atoms with E-state index in [9.17, 15) is 9.59 Å². The summed E-state index contributed by atoms with van der Waals surface area (Å²) < 4.78 is 6.87. The molecule has 0 spiro atoms. The molecule has 3 rings (SSSR count). The first kappa shape index (κ1) is 24.3. The van der Waals surface area contributed by atoms with Crippen LogP contribution in [0.1, 0.15) is 63.5 Å². The quantitative estimate of drug-likeness (QED) is 0.499. The van der Waals surface area contributed by atoms with Gasteiger partial charge in [-0.2, -0.15) is 0 Å². The van der Waals surface area contributed by atoms with E-state index in [2.05, 4.69) is 35.1 Å². The Morgan fingerprint density at radius 1 is 1.09 bits per heavy atom. The summed E-state index contributed by atoms with van der Waals surface area (Å²) in [7, 11) is 0. The number of carbonyl (C=O) groups is 2. The summed E-state index contributed by atoms with van der Waals surface area (Å²) in [5.41, 5.74) is 2.02. The molecular formula is C26H33BrN2O3. The molecule has 2 amide bonds. The molecule has 1 N–H and O–H groups in total. The van der Waals surface area contributed by atoms with E-state index < -0.39 is 6.04 Å². The van der Waals surface area contributed by atoms with Gasteiger partial charge in [0.25, 0.3) is 5.91 Å². The van der Waals surface area contributed by atoms with Gasteiger partial charge in [0, 0.05) is 17.1 Å². The Hall–Kier alpha value is -2.34. The first-order chi connectivity index (χ1) is 15.3. The van der Waals surface area contributed by atoms with Gasteiger partial charge in [0.05, 0.1) is 0 Å². The number of rotatable bonds is 9. The Labute approximate surface area is 199 Å². The van der Waals surface area contributed by atoms with Crippen LogP contribution in [0.3, 0.4) is 0 Å². The number of hydrogen-bond donors (Lipinski definition) is 1. The van der Waals surface area contributed by atoms with Crippen molar-refractivity contribution in [1.82, 2.24) is 10.2 Å². The molecule has 1 aliphatic rings. The molecule has 0 radical (unpaired) electrons. The summed E-state index contributed by atoms with van der Waals surface area (Å²) in [4.78, 5) is 27.9. The highest BCUT2D eigenvalue weighted by Gasteiger charge is 2.29. The lowest BCUT2D eigenvalue weighted by atomic mass is 10.0. The van der Waals surface area contributed by atoms with Gasteiger partial charge in [-0.25, -0.2) is 0 Å². The number of carbonyl (C=O) groups excluding carboxylic acids is 2. The lowest BCUT2D eigenvalue weighted by molar-refractivity contribution is -0.142. The first-order valence-electron chi connectivity index (χ1n) is 11.4. The molecule has 1 aliphatic carbocycles. The third-order valence-electron chi connectivity index (χ3n) is 6.00. The molecule has 172 valence electrons. The minimum atomic E-state index is -0.592. The maximum atomic E-state index is 13.3. The molecule has 5 nitrogen and oxygen atoms in total. The minimum Gasteiger partial charge on any atom is -0.483 e. The molecule has 0 saturated heterocycles. The Morgan fingerprint density at radius 3 is 2.50 bits per heavy atom. The van der Waals surface area contributed by atoms with Gasteiger partial charge in [-0.05, 0) is 55.0 Å². The normalized spacial score (nSPS) is 14.9. The van der Waals surface area contributed by atoms with Crippen molar-refractivity contribution < 1.29 is 14.3 Å². The zero-order valence-corrected chi connectivity index (χ0v) is 20.7. The van der Waals surface area contributed by atoms with Gasteiger partial charge in [0.2, 0.25) is 5.91 Å². The van der Waals surface area contributed by atoms with E-state index in [1.807, 2.05) is 48.5 Å². The second-order valence-corrected chi connectivity index (χ2v) is 9.71. The maximum absolute atomic E-state index is 13.3. The number of hydrogen-bond acceptors (Lipinski definition) is 3. The molecule has 0 aromatic heterocycles. The Balaban J connectivity index is 1.74. The molecular weight excluding hydrogens is 468 g/mol. The Kier molecular flexibility index (Phi) is 8.74. The van der Waals surface area contributed by atoms with Crippen LogP contribution in [0.25, 0.3) is 0 Å². The zero-order chi connectivity index (χ0) is 23.1. The van der Waals surface area contributed by atoms with Crippen LogP contribution in [0.15, 0.2) is 53.0 Å². The first-order valence-corrected chi connectivity index (χ1v) is 12.2. The maximum Gasteiger partial charge on any atom is 0.261 e. The van der Waals surface area contributed by atoms with Gasteiger partial charge >= 0.3 is 0 Å². The van der Waals surface area contributed by atoms with E-state index in [0.29, 0.717) is 12.3 Å². The average molecular weight is 501 g/mol. The van der Waals surface area contributed by atoms with Crippen LogP contribution in [0.5, 0.6) is 5.75 Å². The van der Waals surface area contributed by atoms with Crippen molar-refractivity contribution in [2.24, 2.45) is 0 Å². The number of ether oxygens (including phenoxy) is 1. The number of nitrogens with one attached hydrogen (secondary N) is 1. The van der Waals surface area contributed by atoms with E-state index in [1.165, 1.54) is 0 Å². The largest absolute Gasteiger partial charge is 0.483 e. The molecule has 0 heterocycles. The molecule has 32 heavy (non-hydrogen) atoms. The molecule has 0 aliphatic heterocycles. The topological polar surface area (TPSA) is 58.6 Å². The van der Waals surface area contributed by atoms with Crippen LogP contribution < -0.4 is 10.1 Å². The molecule has 0 bridgehead atoms. The van der Waals surface area contributed by atoms with Crippen molar-refractivity contribution in [2.45, 2.75) is 71.0 Å². The molecule has 1 saturated carbocycles. The van der Waals surface area contributed by atoms with Gasteiger partial charge in [0.1, 0.15) is 11.8 Å². The molecule has 1 fully saturated rings. The van der Waals surface area contributed by atoms with Crippen LogP contribution in [-0.2, 0) is 16.1 Å².